The van der Waals surface area contributed by atoms with Crippen LogP contribution >= 0.6 is 15.9 Å². The highest BCUT2D eigenvalue weighted by molar-refractivity contribution is 9.10. The summed E-state index contributed by atoms with van der Waals surface area (Å²) in [6.45, 7) is 0.413. The van der Waals surface area contributed by atoms with E-state index in [9.17, 15) is 9.59 Å². The quantitative estimate of drug-likeness (QED) is 0.878. The van der Waals surface area contributed by atoms with Gasteiger partial charge in [0.2, 0.25) is 5.91 Å². The Morgan fingerprint density at radius 3 is 2.53 bits per heavy atom. The van der Waals surface area contributed by atoms with Crippen molar-refractivity contribution in [2.45, 2.75) is 6.42 Å². The number of imide groups is 1. The number of carbonyl (C=O) groups excluding carboxylic acids is 2. The number of anilines is 1. The molecule has 1 heterocycles. The minimum Gasteiger partial charge on any atom is -0.293 e. The van der Waals surface area contributed by atoms with Gasteiger partial charge in [-0.25, -0.2) is 4.79 Å². The van der Waals surface area contributed by atoms with Crippen LogP contribution in [0.1, 0.15) is 6.42 Å². The summed E-state index contributed by atoms with van der Waals surface area (Å²) in [6.07, 6.45) is 0.329. The molecular formula is C14H11BrN2O2. The van der Waals surface area contributed by atoms with Crippen LogP contribution < -0.4 is 10.2 Å². The van der Waals surface area contributed by atoms with Gasteiger partial charge in [0.15, 0.2) is 0 Å². The maximum atomic E-state index is 11.9. The molecule has 2 aromatic carbocycles. The van der Waals surface area contributed by atoms with Crippen molar-refractivity contribution in [1.29, 1.82) is 0 Å². The number of carbonyl (C=O) groups is 2. The van der Waals surface area contributed by atoms with Gasteiger partial charge in [0.25, 0.3) is 0 Å². The summed E-state index contributed by atoms with van der Waals surface area (Å²) in [5.74, 6) is -0.220. The van der Waals surface area contributed by atoms with Gasteiger partial charge in [-0.1, -0.05) is 40.2 Å². The zero-order chi connectivity index (χ0) is 13.4. The highest BCUT2D eigenvalue weighted by Crippen LogP contribution is 2.32. The van der Waals surface area contributed by atoms with Gasteiger partial charge < -0.3 is 0 Å². The summed E-state index contributed by atoms with van der Waals surface area (Å²) in [6, 6.07) is 11.3. The van der Waals surface area contributed by atoms with Gasteiger partial charge in [0.05, 0.1) is 5.69 Å². The molecule has 3 amide bonds. The van der Waals surface area contributed by atoms with Crippen molar-refractivity contribution in [3.05, 3.63) is 40.9 Å². The maximum absolute atomic E-state index is 11.9. The number of halogens is 1. The Morgan fingerprint density at radius 1 is 1.05 bits per heavy atom. The van der Waals surface area contributed by atoms with Crippen LogP contribution in [0, 0.1) is 0 Å². The molecule has 4 nitrogen and oxygen atoms in total. The number of urea groups is 1. The van der Waals surface area contributed by atoms with Crippen LogP contribution in [0.15, 0.2) is 40.9 Å². The van der Waals surface area contributed by atoms with Crippen LogP contribution in [0.2, 0.25) is 0 Å². The normalized spacial score (nSPS) is 15.7. The van der Waals surface area contributed by atoms with E-state index < -0.39 is 0 Å². The average Bonchev–Trinajstić information content (AvgIpc) is 2.41. The molecule has 1 aliphatic heterocycles. The molecule has 5 heteroatoms. The second-order valence-electron chi connectivity index (χ2n) is 4.37. The fourth-order valence-corrected chi connectivity index (χ4v) is 2.75. The average molecular weight is 319 g/mol. The van der Waals surface area contributed by atoms with Gasteiger partial charge >= 0.3 is 6.03 Å². The largest absolute Gasteiger partial charge is 0.328 e. The maximum Gasteiger partial charge on any atom is 0.328 e. The lowest BCUT2D eigenvalue weighted by Crippen LogP contribution is -2.49. The lowest BCUT2D eigenvalue weighted by atomic mass is 10.1. The lowest BCUT2D eigenvalue weighted by Gasteiger charge is -2.27. The third-order valence-corrected chi connectivity index (χ3v) is 3.88. The predicted molar refractivity (Wildman–Crippen MR) is 77.1 cm³/mol. The summed E-state index contributed by atoms with van der Waals surface area (Å²) in [7, 11) is 0. The van der Waals surface area contributed by atoms with Crippen LogP contribution in [0.25, 0.3) is 10.8 Å². The SMILES string of the molecule is O=C1CCN(c2ccc(Br)c3ccccc23)C(=O)N1. The number of amides is 3. The molecule has 1 aliphatic rings. The molecular weight excluding hydrogens is 308 g/mol. The first-order valence-electron chi connectivity index (χ1n) is 5.95. The van der Waals surface area contributed by atoms with Crippen LogP contribution in [0.5, 0.6) is 0 Å². The molecule has 0 unspecified atom stereocenters. The molecule has 3 rings (SSSR count). The molecule has 0 saturated carbocycles. The number of rotatable bonds is 1. The molecule has 2 aromatic rings. The summed E-state index contributed by atoms with van der Waals surface area (Å²) in [5, 5.41) is 4.38. The molecule has 96 valence electrons. The lowest BCUT2D eigenvalue weighted by molar-refractivity contribution is -0.120. The van der Waals surface area contributed by atoms with Crippen molar-refractivity contribution in [2.24, 2.45) is 0 Å². The van der Waals surface area contributed by atoms with E-state index in [0.717, 1.165) is 20.9 Å². The summed E-state index contributed by atoms with van der Waals surface area (Å²) in [4.78, 5) is 24.7. The van der Waals surface area contributed by atoms with E-state index in [4.69, 9.17) is 0 Å². The Hall–Kier alpha value is -1.88. The van der Waals surface area contributed by atoms with Gasteiger partial charge in [-0.2, -0.15) is 0 Å². The highest BCUT2D eigenvalue weighted by atomic mass is 79.9. The van der Waals surface area contributed by atoms with E-state index in [1.54, 1.807) is 4.90 Å². The van der Waals surface area contributed by atoms with E-state index in [-0.39, 0.29) is 11.9 Å². The molecule has 0 aliphatic carbocycles. The van der Waals surface area contributed by atoms with Crippen LogP contribution in [-0.4, -0.2) is 18.5 Å². The van der Waals surface area contributed by atoms with Crippen molar-refractivity contribution in [3.8, 4) is 0 Å². The number of nitrogens with one attached hydrogen (secondary N) is 1. The summed E-state index contributed by atoms with van der Waals surface area (Å²) < 4.78 is 0.986. The fourth-order valence-electron chi connectivity index (χ4n) is 2.28. The number of fused-ring (bicyclic) bond motifs is 1. The summed E-state index contributed by atoms with van der Waals surface area (Å²) >= 11 is 3.51. The van der Waals surface area contributed by atoms with Crippen LogP contribution in [0.3, 0.4) is 0 Å². The van der Waals surface area contributed by atoms with Gasteiger partial charge in [-0.3, -0.25) is 15.0 Å². The molecule has 0 spiro atoms. The standard InChI is InChI=1S/C14H11BrN2O2/c15-11-5-6-12(10-4-2-1-3-9(10)11)17-8-7-13(18)16-14(17)19/h1-6H,7-8H2,(H,16,18,19). The Balaban J connectivity index is 2.13. The number of hydrogen-bond acceptors (Lipinski definition) is 2. The minimum atomic E-state index is -0.358. The predicted octanol–water partition coefficient (Wildman–Crippen LogP) is 3.05. The Kier molecular flexibility index (Phi) is 2.98. The summed E-state index contributed by atoms with van der Waals surface area (Å²) in [5.41, 5.74) is 0.823. The minimum absolute atomic E-state index is 0.220. The van der Waals surface area contributed by atoms with Crippen LogP contribution in [0.4, 0.5) is 10.5 Å². The van der Waals surface area contributed by atoms with E-state index in [1.807, 2.05) is 36.4 Å². The van der Waals surface area contributed by atoms with Gasteiger partial charge in [-0.05, 0) is 17.5 Å². The molecule has 0 bridgehead atoms. The highest BCUT2D eigenvalue weighted by Gasteiger charge is 2.25. The number of benzene rings is 2. The van der Waals surface area contributed by atoms with Crippen LogP contribution in [-0.2, 0) is 4.79 Å². The van der Waals surface area contributed by atoms with E-state index in [1.165, 1.54) is 0 Å². The van der Waals surface area contributed by atoms with Gasteiger partial charge in [0.1, 0.15) is 0 Å². The second kappa shape index (κ2) is 4.66. The van der Waals surface area contributed by atoms with Crippen molar-refractivity contribution < 1.29 is 9.59 Å². The van der Waals surface area contributed by atoms with Gasteiger partial charge in [-0.15, -0.1) is 0 Å². The van der Waals surface area contributed by atoms with Crippen molar-refractivity contribution in [3.63, 3.8) is 0 Å². The Morgan fingerprint density at radius 2 is 1.79 bits per heavy atom. The first-order valence-corrected chi connectivity index (χ1v) is 6.75. The molecule has 1 saturated heterocycles. The molecule has 1 N–H and O–H groups in total. The van der Waals surface area contributed by atoms with Gasteiger partial charge in [0, 0.05) is 22.8 Å². The molecule has 0 aromatic heterocycles. The zero-order valence-corrected chi connectivity index (χ0v) is 11.6. The number of hydrogen-bond donors (Lipinski definition) is 1. The molecule has 0 radical (unpaired) electrons. The fraction of sp³-hybridized carbons (Fsp3) is 0.143. The molecule has 1 fully saturated rings. The van der Waals surface area contributed by atoms with Crippen molar-refractivity contribution in [2.75, 3.05) is 11.4 Å². The topological polar surface area (TPSA) is 49.4 Å². The third-order valence-electron chi connectivity index (χ3n) is 3.19. The first-order chi connectivity index (χ1) is 9.16. The Bertz CT molecular complexity index is 684. The Labute approximate surface area is 118 Å². The number of nitrogens with zero attached hydrogens (tertiary/aromatic N) is 1. The van der Waals surface area contributed by atoms with E-state index >= 15 is 0 Å². The van der Waals surface area contributed by atoms with Crippen molar-refractivity contribution >= 4 is 44.3 Å². The van der Waals surface area contributed by atoms with E-state index in [2.05, 4.69) is 21.2 Å². The first kappa shape index (κ1) is 12.2. The van der Waals surface area contributed by atoms with E-state index in [0.29, 0.717) is 13.0 Å². The molecule has 0 atom stereocenters. The molecule has 19 heavy (non-hydrogen) atoms. The zero-order valence-electron chi connectivity index (χ0n) is 10.0. The second-order valence-corrected chi connectivity index (χ2v) is 5.22. The third kappa shape index (κ3) is 2.10. The smallest absolute Gasteiger partial charge is 0.293 e. The van der Waals surface area contributed by atoms with Crippen molar-refractivity contribution in [1.82, 2.24) is 5.32 Å². The monoisotopic (exact) mass is 318 g/mol.